The molecule has 176 valence electrons. The molecule has 0 saturated heterocycles. The molecule has 0 spiro atoms. The minimum Gasteiger partial charge on any atom is -0.454 e. The van der Waals surface area contributed by atoms with E-state index in [0.717, 1.165) is 10.7 Å². The van der Waals surface area contributed by atoms with Crippen molar-refractivity contribution in [1.29, 1.82) is 0 Å². The second-order valence-corrected chi connectivity index (χ2v) is 7.42. The van der Waals surface area contributed by atoms with Gasteiger partial charge in [0, 0.05) is 37.1 Å². The van der Waals surface area contributed by atoms with Gasteiger partial charge in [-0.1, -0.05) is 18.2 Å². The summed E-state index contributed by atoms with van der Waals surface area (Å²) in [6.45, 7) is 1.60. The van der Waals surface area contributed by atoms with Crippen LogP contribution < -0.4 is 20.9 Å². The maximum Gasteiger partial charge on any atom is 0.276 e. The Balaban J connectivity index is 1.54. The Morgan fingerprint density at radius 2 is 1.77 bits per heavy atom. The van der Waals surface area contributed by atoms with Gasteiger partial charge >= 0.3 is 0 Å². The van der Waals surface area contributed by atoms with Crippen LogP contribution in [0.3, 0.4) is 0 Å². The highest BCUT2D eigenvalue weighted by atomic mass is 19.1. The monoisotopic (exact) mass is 473 g/mol. The Morgan fingerprint density at radius 3 is 2.49 bits per heavy atom. The second kappa shape index (κ2) is 9.96. The molecule has 0 radical (unpaired) electrons. The number of aromatic nitrogens is 3. The fourth-order valence-electron chi connectivity index (χ4n) is 3.23. The van der Waals surface area contributed by atoms with Crippen LogP contribution >= 0.6 is 0 Å². The Kier molecular flexibility index (Phi) is 6.63. The van der Waals surface area contributed by atoms with Gasteiger partial charge in [-0.2, -0.15) is 9.78 Å². The van der Waals surface area contributed by atoms with Crippen LogP contribution in [-0.2, 0) is 0 Å². The normalized spacial score (nSPS) is 10.5. The van der Waals surface area contributed by atoms with Crippen molar-refractivity contribution < 1.29 is 18.7 Å². The number of nitrogens with zero attached hydrogens (tertiary/aromatic N) is 3. The van der Waals surface area contributed by atoms with Gasteiger partial charge in [0.2, 0.25) is 0 Å². The second-order valence-electron chi connectivity index (χ2n) is 7.42. The van der Waals surface area contributed by atoms with Crippen LogP contribution in [0.2, 0.25) is 0 Å². The third kappa shape index (κ3) is 5.22. The molecule has 2 aromatic carbocycles. The van der Waals surface area contributed by atoms with Crippen molar-refractivity contribution >= 4 is 17.5 Å². The average molecular weight is 473 g/mol. The summed E-state index contributed by atoms with van der Waals surface area (Å²) < 4.78 is 21.4. The van der Waals surface area contributed by atoms with Gasteiger partial charge in [-0.3, -0.25) is 19.4 Å². The van der Waals surface area contributed by atoms with E-state index in [1.165, 1.54) is 43.6 Å². The first-order valence-corrected chi connectivity index (χ1v) is 10.5. The standard InChI is InChI=1S/C25H20FN5O4/c1-15-12-22(32)31(17-6-4-3-5-7-17)30-23(15)25(34)29-16-8-9-21(19(26)13-16)35-18-10-11-28-20(14-18)24(33)27-2/h3-14H,1-2H3,(H,27,33)(H,29,34). The molecule has 0 aliphatic carbocycles. The molecule has 35 heavy (non-hydrogen) atoms. The van der Waals surface area contributed by atoms with Crippen LogP contribution in [0.5, 0.6) is 11.5 Å². The molecule has 10 heteroatoms. The zero-order valence-electron chi connectivity index (χ0n) is 18.8. The number of nitrogens with one attached hydrogen (secondary N) is 2. The topological polar surface area (TPSA) is 115 Å². The first-order valence-electron chi connectivity index (χ1n) is 10.5. The smallest absolute Gasteiger partial charge is 0.276 e. The van der Waals surface area contributed by atoms with Crippen LogP contribution in [0.4, 0.5) is 10.1 Å². The molecule has 0 aliphatic heterocycles. The first-order chi connectivity index (χ1) is 16.9. The number of hydrogen-bond acceptors (Lipinski definition) is 6. The summed E-state index contributed by atoms with van der Waals surface area (Å²) >= 11 is 0. The van der Waals surface area contributed by atoms with Crippen LogP contribution in [0.15, 0.2) is 77.7 Å². The number of halogens is 1. The Hall–Kier alpha value is -4.86. The zero-order chi connectivity index (χ0) is 24.9. The van der Waals surface area contributed by atoms with Crippen molar-refractivity contribution in [1.82, 2.24) is 20.1 Å². The van der Waals surface area contributed by atoms with Crippen LogP contribution in [0, 0.1) is 12.7 Å². The van der Waals surface area contributed by atoms with E-state index in [0.29, 0.717) is 11.3 Å². The minimum atomic E-state index is -0.736. The van der Waals surface area contributed by atoms with Gasteiger partial charge in [-0.25, -0.2) is 4.39 Å². The highest BCUT2D eigenvalue weighted by molar-refractivity contribution is 6.03. The van der Waals surface area contributed by atoms with Crippen LogP contribution in [-0.4, -0.2) is 33.6 Å². The van der Waals surface area contributed by atoms with E-state index in [4.69, 9.17) is 4.74 Å². The number of rotatable bonds is 6. The van der Waals surface area contributed by atoms with E-state index in [9.17, 15) is 18.8 Å². The number of amides is 2. The highest BCUT2D eigenvalue weighted by Gasteiger charge is 2.16. The molecule has 0 bridgehead atoms. The molecule has 0 atom stereocenters. The van der Waals surface area contributed by atoms with E-state index in [1.807, 2.05) is 0 Å². The lowest BCUT2D eigenvalue weighted by Crippen LogP contribution is -2.26. The van der Waals surface area contributed by atoms with E-state index in [2.05, 4.69) is 20.7 Å². The maximum atomic E-state index is 14.7. The average Bonchev–Trinajstić information content (AvgIpc) is 2.86. The lowest BCUT2D eigenvalue weighted by molar-refractivity contribution is 0.0956. The number of hydrogen-bond donors (Lipinski definition) is 2. The first kappa shape index (κ1) is 23.3. The maximum absolute atomic E-state index is 14.7. The fraction of sp³-hybridized carbons (Fsp3) is 0.0800. The number of carbonyl (C=O) groups is 2. The Morgan fingerprint density at radius 1 is 1.00 bits per heavy atom. The van der Waals surface area contributed by atoms with Gasteiger partial charge in [0.15, 0.2) is 17.3 Å². The molecule has 2 aromatic heterocycles. The Bertz CT molecular complexity index is 1470. The molecule has 9 nitrogen and oxygen atoms in total. The Labute approximate surface area is 199 Å². The number of pyridine rings is 1. The lowest BCUT2D eigenvalue weighted by Gasteiger charge is -2.12. The number of para-hydroxylation sites is 1. The summed E-state index contributed by atoms with van der Waals surface area (Å²) in [5.74, 6) is -1.64. The number of aryl methyl sites for hydroxylation is 1. The van der Waals surface area contributed by atoms with Gasteiger partial charge in [-0.05, 0) is 42.8 Å². The van der Waals surface area contributed by atoms with Gasteiger partial charge < -0.3 is 15.4 Å². The summed E-state index contributed by atoms with van der Waals surface area (Å²) in [7, 11) is 1.47. The number of ether oxygens (including phenoxy) is 1. The van der Waals surface area contributed by atoms with Gasteiger partial charge in [-0.15, -0.1) is 0 Å². The van der Waals surface area contributed by atoms with Crippen molar-refractivity contribution in [2.24, 2.45) is 0 Å². The molecule has 2 heterocycles. The van der Waals surface area contributed by atoms with Gasteiger partial charge in [0.25, 0.3) is 17.4 Å². The van der Waals surface area contributed by atoms with E-state index >= 15 is 0 Å². The number of benzene rings is 2. The summed E-state index contributed by atoms with van der Waals surface area (Å²) in [4.78, 5) is 40.9. The lowest BCUT2D eigenvalue weighted by atomic mass is 10.2. The minimum absolute atomic E-state index is 0.0210. The zero-order valence-corrected chi connectivity index (χ0v) is 18.8. The van der Waals surface area contributed by atoms with Crippen molar-refractivity contribution in [3.63, 3.8) is 0 Å². The van der Waals surface area contributed by atoms with Crippen molar-refractivity contribution in [2.45, 2.75) is 6.92 Å². The number of anilines is 1. The molecule has 0 fully saturated rings. The highest BCUT2D eigenvalue weighted by Crippen LogP contribution is 2.27. The predicted octanol–water partition coefficient (Wildman–Crippen LogP) is 3.48. The van der Waals surface area contributed by atoms with E-state index in [-0.39, 0.29) is 34.1 Å². The quantitative estimate of drug-likeness (QED) is 0.443. The SMILES string of the molecule is CNC(=O)c1cc(Oc2ccc(NC(=O)c3nn(-c4ccccc4)c(=O)cc3C)cc2F)ccn1. The molecular formula is C25H20FN5O4. The summed E-state index contributed by atoms with van der Waals surface area (Å²) in [5.41, 5.74) is 0.814. The molecule has 0 aliphatic rings. The van der Waals surface area contributed by atoms with E-state index < -0.39 is 17.6 Å². The summed E-state index contributed by atoms with van der Waals surface area (Å²) in [6, 6.07) is 16.8. The molecule has 0 unspecified atom stereocenters. The van der Waals surface area contributed by atoms with Crippen LogP contribution in [0.1, 0.15) is 26.5 Å². The van der Waals surface area contributed by atoms with Crippen molar-refractivity contribution in [2.75, 3.05) is 12.4 Å². The molecule has 0 saturated carbocycles. The van der Waals surface area contributed by atoms with E-state index in [1.54, 1.807) is 37.3 Å². The predicted molar refractivity (Wildman–Crippen MR) is 127 cm³/mol. The molecule has 4 aromatic rings. The van der Waals surface area contributed by atoms with Crippen molar-refractivity contribution in [3.05, 3.63) is 106 Å². The molecule has 2 N–H and O–H groups in total. The van der Waals surface area contributed by atoms with Gasteiger partial charge in [0.1, 0.15) is 11.4 Å². The van der Waals surface area contributed by atoms with Crippen molar-refractivity contribution in [3.8, 4) is 17.2 Å². The fourth-order valence-corrected chi connectivity index (χ4v) is 3.23. The van der Waals surface area contributed by atoms with Crippen LogP contribution in [0.25, 0.3) is 5.69 Å². The third-order valence-electron chi connectivity index (χ3n) is 4.95. The van der Waals surface area contributed by atoms with Gasteiger partial charge in [0.05, 0.1) is 5.69 Å². The molecular weight excluding hydrogens is 453 g/mol. The summed E-state index contributed by atoms with van der Waals surface area (Å²) in [5, 5.41) is 9.23. The third-order valence-corrected chi connectivity index (χ3v) is 4.95. The number of carbonyl (C=O) groups excluding carboxylic acids is 2. The molecule has 2 amide bonds. The largest absolute Gasteiger partial charge is 0.454 e. The summed E-state index contributed by atoms with van der Waals surface area (Å²) in [6.07, 6.45) is 1.37. The molecule has 4 rings (SSSR count).